The molecule has 1 aromatic rings. The van der Waals surface area contributed by atoms with Gasteiger partial charge in [0.25, 0.3) is 0 Å². The molecular weight excluding hydrogens is 332 g/mol. The van der Waals surface area contributed by atoms with Crippen LogP contribution in [0, 0.1) is 6.92 Å². The molecule has 0 aliphatic rings. The third kappa shape index (κ3) is 7.03. The Labute approximate surface area is 145 Å². The largest absolute Gasteiger partial charge is 0.360 e. The maximum atomic E-state index is 12.0. The third-order valence-electron chi connectivity index (χ3n) is 3.03. The van der Waals surface area contributed by atoms with Crippen LogP contribution in [0.5, 0.6) is 0 Å². The van der Waals surface area contributed by atoms with Crippen LogP contribution in [0.15, 0.2) is 10.6 Å². The molecule has 2 unspecified atom stereocenters. The molecule has 0 bridgehead atoms. The fourth-order valence-corrected chi connectivity index (χ4v) is 2.37. The molecule has 0 spiro atoms. The molecule has 1 heterocycles. The lowest BCUT2D eigenvalue weighted by atomic mass is 10.3. The van der Waals surface area contributed by atoms with Crippen molar-refractivity contribution >= 4 is 35.3 Å². The molecule has 0 fully saturated rings. The quantitative estimate of drug-likeness (QED) is 0.610. The van der Waals surface area contributed by atoms with Crippen LogP contribution >= 0.6 is 11.8 Å². The molecule has 0 radical (unpaired) electrons. The monoisotopic (exact) mass is 356 g/mol. The summed E-state index contributed by atoms with van der Waals surface area (Å²) in [7, 11) is 0. The van der Waals surface area contributed by atoms with Gasteiger partial charge in [-0.05, 0) is 27.2 Å². The van der Waals surface area contributed by atoms with Crippen LogP contribution in [-0.2, 0) is 14.4 Å². The molecule has 8 nitrogen and oxygen atoms in total. The summed E-state index contributed by atoms with van der Waals surface area (Å²) in [4.78, 5) is 35.5. The molecule has 0 aliphatic carbocycles. The summed E-state index contributed by atoms with van der Waals surface area (Å²) in [6, 6.07) is 1.00. The SMILES string of the molecule is CCCNC(=O)C(C)NC(=O)CSC(C)C(=O)Nc1cc(C)on1. The minimum Gasteiger partial charge on any atom is -0.360 e. The maximum absolute atomic E-state index is 12.0. The van der Waals surface area contributed by atoms with Gasteiger partial charge in [0.2, 0.25) is 17.7 Å². The van der Waals surface area contributed by atoms with Gasteiger partial charge < -0.3 is 20.5 Å². The second kappa shape index (κ2) is 9.96. The number of aryl methyl sites for hydroxylation is 1. The number of nitrogens with zero attached hydrogens (tertiary/aromatic N) is 1. The van der Waals surface area contributed by atoms with Gasteiger partial charge in [-0.1, -0.05) is 12.1 Å². The summed E-state index contributed by atoms with van der Waals surface area (Å²) < 4.78 is 4.86. The zero-order valence-electron chi connectivity index (χ0n) is 14.3. The second-order valence-corrected chi connectivity index (χ2v) is 6.67. The number of nitrogens with one attached hydrogen (secondary N) is 3. The summed E-state index contributed by atoms with van der Waals surface area (Å²) in [5.41, 5.74) is 0. The van der Waals surface area contributed by atoms with E-state index in [0.29, 0.717) is 18.1 Å². The lowest BCUT2D eigenvalue weighted by Gasteiger charge is -2.15. The van der Waals surface area contributed by atoms with Gasteiger partial charge in [0.05, 0.1) is 11.0 Å². The van der Waals surface area contributed by atoms with Crippen LogP contribution in [0.25, 0.3) is 0 Å². The second-order valence-electron chi connectivity index (χ2n) is 5.35. The minimum atomic E-state index is -0.605. The van der Waals surface area contributed by atoms with Gasteiger partial charge in [-0.2, -0.15) is 0 Å². The molecule has 0 aromatic carbocycles. The Morgan fingerprint density at radius 3 is 2.58 bits per heavy atom. The van der Waals surface area contributed by atoms with E-state index in [1.807, 2.05) is 6.92 Å². The van der Waals surface area contributed by atoms with Gasteiger partial charge >= 0.3 is 0 Å². The Morgan fingerprint density at radius 2 is 2.00 bits per heavy atom. The lowest BCUT2D eigenvalue weighted by Crippen LogP contribution is -2.45. The van der Waals surface area contributed by atoms with Gasteiger partial charge in [0.1, 0.15) is 11.8 Å². The Kier molecular flexibility index (Phi) is 8.31. The first-order chi connectivity index (χ1) is 11.3. The summed E-state index contributed by atoms with van der Waals surface area (Å²) in [6.45, 7) is 7.57. The first-order valence-electron chi connectivity index (χ1n) is 7.76. The molecule has 134 valence electrons. The minimum absolute atomic E-state index is 0.0812. The molecular formula is C15H24N4O4S. The van der Waals surface area contributed by atoms with Gasteiger partial charge in [-0.15, -0.1) is 11.8 Å². The fourth-order valence-electron chi connectivity index (χ4n) is 1.68. The van der Waals surface area contributed by atoms with Crippen molar-refractivity contribution in [1.29, 1.82) is 0 Å². The fraction of sp³-hybridized carbons (Fsp3) is 0.600. The highest BCUT2D eigenvalue weighted by Gasteiger charge is 2.19. The molecule has 1 rings (SSSR count). The number of hydrogen-bond acceptors (Lipinski definition) is 6. The zero-order valence-corrected chi connectivity index (χ0v) is 15.2. The first kappa shape index (κ1) is 20.0. The Morgan fingerprint density at radius 1 is 1.29 bits per heavy atom. The lowest BCUT2D eigenvalue weighted by molar-refractivity contribution is -0.127. The van der Waals surface area contributed by atoms with Crippen LogP contribution in [0.3, 0.4) is 0 Å². The Bertz CT molecular complexity index is 576. The van der Waals surface area contributed by atoms with Gasteiger partial charge in [-0.25, -0.2) is 0 Å². The van der Waals surface area contributed by atoms with Crippen molar-refractivity contribution < 1.29 is 18.9 Å². The number of carbonyl (C=O) groups is 3. The predicted molar refractivity (Wildman–Crippen MR) is 92.7 cm³/mol. The van der Waals surface area contributed by atoms with E-state index in [0.717, 1.165) is 6.42 Å². The highest BCUT2D eigenvalue weighted by Crippen LogP contribution is 2.14. The van der Waals surface area contributed by atoms with Crippen molar-refractivity contribution in [2.45, 2.75) is 45.4 Å². The number of aromatic nitrogens is 1. The third-order valence-corrected chi connectivity index (χ3v) is 4.18. The van der Waals surface area contributed by atoms with E-state index in [4.69, 9.17) is 4.52 Å². The zero-order chi connectivity index (χ0) is 18.1. The van der Waals surface area contributed by atoms with Crippen molar-refractivity contribution in [3.8, 4) is 0 Å². The van der Waals surface area contributed by atoms with Crippen LogP contribution in [-0.4, -0.2) is 46.5 Å². The van der Waals surface area contributed by atoms with E-state index in [1.165, 1.54) is 11.8 Å². The molecule has 3 N–H and O–H groups in total. The van der Waals surface area contributed by atoms with Crippen molar-refractivity contribution in [2.75, 3.05) is 17.6 Å². The van der Waals surface area contributed by atoms with Gasteiger partial charge in [0.15, 0.2) is 5.82 Å². The van der Waals surface area contributed by atoms with E-state index in [1.54, 1.807) is 26.8 Å². The molecule has 3 amide bonds. The summed E-state index contributed by atoms with van der Waals surface area (Å²) in [5.74, 6) is 0.238. The molecule has 0 saturated heterocycles. The number of thioether (sulfide) groups is 1. The average Bonchev–Trinajstić information content (AvgIpc) is 2.94. The molecule has 0 aliphatic heterocycles. The molecule has 24 heavy (non-hydrogen) atoms. The molecule has 9 heteroatoms. The smallest absolute Gasteiger partial charge is 0.242 e. The van der Waals surface area contributed by atoms with E-state index in [9.17, 15) is 14.4 Å². The van der Waals surface area contributed by atoms with Crippen molar-refractivity contribution in [3.05, 3.63) is 11.8 Å². The van der Waals surface area contributed by atoms with E-state index >= 15 is 0 Å². The highest BCUT2D eigenvalue weighted by molar-refractivity contribution is 8.01. The van der Waals surface area contributed by atoms with Crippen molar-refractivity contribution in [3.63, 3.8) is 0 Å². The topological polar surface area (TPSA) is 113 Å². The van der Waals surface area contributed by atoms with Crippen LogP contribution in [0.2, 0.25) is 0 Å². The van der Waals surface area contributed by atoms with Crippen LogP contribution in [0.4, 0.5) is 5.82 Å². The maximum Gasteiger partial charge on any atom is 0.242 e. The number of amides is 3. The number of carbonyl (C=O) groups excluding carboxylic acids is 3. The van der Waals surface area contributed by atoms with Gasteiger partial charge in [-0.3, -0.25) is 14.4 Å². The highest BCUT2D eigenvalue weighted by atomic mass is 32.2. The first-order valence-corrected chi connectivity index (χ1v) is 8.81. The standard InChI is InChI=1S/C15H24N4O4S/c1-5-6-16-14(21)10(3)17-13(20)8-24-11(4)15(22)18-12-7-9(2)23-19-12/h7,10-11H,5-6,8H2,1-4H3,(H,16,21)(H,17,20)(H,18,19,22). The van der Waals surface area contributed by atoms with Gasteiger partial charge in [0, 0.05) is 12.6 Å². The van der Waals surface area contributed by atoms with Crippen LogP contribution in [0.1, 0.15) is 33.0 Å². The Hall–Kier alpha value is -2.03. The molecule has 0 saturated carbocycles. The van der Waals surface area contributed by atoms with Crippen molar-refractivity contribution in [2.24, 2.45) is 0 Å². The normalized spacial score (nSPS) is 13.0. The summed E-state index contributed by atoms with van der Waals surface area (Å²) in [5, 5.41) is 11.2. The van der Waals surface area contributed by atoms with E-state index in [-0.39, 0.29) is 23.5 Å². The van der Waals surface area contributed by atoms with E-state index < -0.39 is 11.3 Å². The van der Waals surface area contributed by atoms with Crippen molar-refractivity contribution in [1.82, 2.24) is 15.8 Å². The Balaban J connectivity index is 2.32. The number of hydrogen-bond donors (Lipinski definition) is 3. The summed E-state index contributed by atoms with van der Waals surface area (Å²) in [6.07, 6.45) is 0.833. The summed E-state index contributed by atoms with van der Waals surface area (Å²) >= 11 is 1.18. The number of anilines is 1. The molecule has 2 atom stereocenters. The van der Waals surface area contributed by atoms with Crippen LogP contribution < -0.4 is 16.0 Å². The average molecular weight is 356 g/mol. The predicted octanol–water partition coefficient (Wildman–Crippen LogP) is 1.07. The number of rotatable bonds is 9. The molecule has 1 aromatic heterocycles. The van der Waals surface area contributed by atoms with E-state index in [2.05, 4.69) is 21.1 Å².